The number of carbonyl (C=O) groups excluding carboxylic acids is 1. The van der Waals surface area contributed by atoms with E-state index in [1.54, 1.807) is 24.3 Å². The van der Waals surface area contributed by atoms with Gasteiger partial charge in [-0.2, -0.15) is 0 Å². The van der Waals surface area contributed by atoms with Gasteiger partial charge in [0, 0.05) is 15.1 Å². The molecule has 24 heavy (non-hydrogen) atoms. The second-order valence-electron chi connectivity index (χ2n) is 5.24. The average molecular weight is 477 g/mol. The summed E-state index contributed by atoms with van der Waals surface area (Å²) in [5.41, 5.74) is 1.24. The Morgan fingerprint density at radius 2 is 1.83 bits per heavy atom. The highest BCUT2D eigenvalue weighted by atomic mass is 79.9. The van der Waals surface area contributed by atoms with Gasteiger partial charge in [0.25, 0.3) is 0 Å². The smallest absolute Gasteiger partial charge is 0.338 e. The first-order chi connectivity index (χ1) is 11.5. The number of hydrogen-bond acceptors (Lipinski definition) is 4. The molecule has 2 aromatic rings. The Morgan fingerprint density at radius 3 is 2.46 bits per heavy atom. The van der Waals surface area contributed by atoms with E-state index in [1.165, 1.54) is 0 Å². The van der Waals surface area contributed by atoms with Crippen molar-refractivity contribution in [1.29, 1.82) is 0 Å². The average Bonchev–Trinajstić information content (AvgIpc) is 2.99. The standard InChI is InChI=1S/C17H13Br2ClO4/c1-9(18)16(24-17(21)10-2-4-11(20)5-3-10)12-6-14-15(7-13(12)19)23-8-22-14/h2-7,9,16H,8H2,1H3. The van der Waals surface area contributed by atoms with E-state index < -0.39 is 12.1 Å². The van der Waals surface area contributed by atoms with Crippen LogP contribution in [0.5, 0.6) is 11.5 Å². The molecule has 3 rings (SSSR count). The van der Waals surface area contributed by atoms with Gasteiger partial charge in [0.05, 0.1) is 10.4 Å². The van der Waals surface area contributed by atoms with Crippen molar-refractivity contribution in [1.82, 2.24) is 0 Å². The Kier molecular flexibility index (Phi) is 5.37. The summed E-state index contributed by atoms with van der Waals surface area (Å²) >= 11 is 12.9. The van der Waals surface area contributed by atoms with E-state index in [9.17, 15) is 4.79 Å². The first-order valence-electron chi connectivity index (χ1n) is 7.15. The van der Waals surface area contributed by atoms with Crippen molar-refractivity contribution in [2.45, 2.75) is 17.9 Å². The van der Waals surface area contributed by atoms with Crippen LogP contribution < -0.4 is 9.47 Å². The number of fused-ring (bicyclic) bond motifs is 1. The largest absolute Gasteiger partial charge is 0.454 e. The van der Waals surface area contributed by atoms with Crippen LogP contribution in [0.1, 0.15) is 28.9 Å². The number of rotatable bonds is 4. The van der Waals surface area contributed by atoms with Gasteiger partial charge >= 0.3 is 5.97 Å². The zero-order valence-electron chi connectivity index (χ0n) is 12.6. The van der Waals surface area contributed by atoms with Crippen LogP contribution in [0.2, 0.25) is 5.02 Å². The highest BCUT2D eigenvalue weighted by Gasteiger charge is 2.27. The highest BCUT2D eigenvalue weighted by Crippen LogP contribution is 2.41. The normalized spacial score (nSPS) is 15.0. The molecule has 2 unspecified atom stereocenters. The van der Waals surface area contributed by atoms with Crippen molar-refractivity contribution in [2.24, 2.45) is 0 Å². The predicted octanol–water partition coefficient (Wildman–Crippen LogP) is 5.51. The van der Waals surface area contributed by atoms with Crippen LogP contribution in [0.25, 0.3) is 0 Å². The topological polar surface area (TPSA) is 44.8 Å². The fourth-order valence-electron chi connectivity index (χ4n) is 2.32. The van der Waals surface area contributed by atoms with Crippen molar-refractivity contribution in [3.63, 3.8) is 0 Å². The van der Waals surface area contributed by atoms with E-state index in [-0.39, 0.29) is 11.6 Å². The number of hydrogen-bond donors (Lipinski definition) is 0. The summed E-state index contributed by atoms with van der Waals surface area (Å²) in [6.45, 7) is 2.10. The number of esters is 1. The molecule has 2 atom stereocenters. The first kappa shape index (κ1) is 17.6. The maximum absolute atomic E-state index is 12.4. The van der Waals surface area contributed by atoms with Crippen LogP contribution in [0.3, 0.4) is 0 Å². The fraction of sp³-hybridized carbons (Fsp3) is 0.235. The molecule has 0 saturated carbocycles. The maximum atomic E-state index is 12.4. The zero-order valence-corrected chi connectivity index (χ0v) is 16.5. The van der Waals surface area contributed by atoms with Crippen LogP contribution in [-0.2, 0) is 4.74 Å². The van der Waals surface area contributed by atoms with Gasteiger partial charge in [-0.25, -0.2) is 4.79 Å². The van der Waals surface area contributed by atoms with E-state index in [2.05, 4.69) is 31.9 Å². The molecule has 0 saturated heterocycles. The van der Waals surface area contributed by atoms with E-state index in [4.69, 9.17) is 25.8 Å². The lowest BCUT2D eigenvalue weighted by atomic mass is 10.1. The van der Waals surface area contributed by atoms with Crippen molar-refractivity contribution in [3.05, 3.63) is 57.0 Å². The van der Waals surface area contributed by atoms with Crippen LogP contribution in [0.4, 0.5) is 0 Å². The lowest BCUT2D eigenvalue weighted by Crippen LogP contribution is -2.18. The Bertz CT molecular complexity index is 762. The second-order valence-corrected chi connectivity index (χ2v) is 7.97. The minimum atomic E-state index is -0.503. The molecule has 1 aliphatic heterocycles. The molecule has 2 aromatic carbocycles. The van der Waals surface area contributed by atoms with Crippen molar-refractivity contribution < 1.29 is 19.0 Å². The Labute approximate surface area is 161 Å². The monoisotopic (exact) mass is 474 g/mol. The summed E-state index contributed by atoms with van der Waals surface area (Å²) in [6, 6.07) is 10.2. The first-order valence-corrected chi connectivity index (χ1v) is 9.24. The summed E-state index contributed by atoms with van der Waals surface area (Å²) in [7, 11) is 0. The summed E-state index contributed by atoms with van der Waals surface area (Å²) in [5, 5.41) is 0.565. The van der Waals surface area contributed by atoms with Crippen LogP contribution in [0, 0.1) is 0 Å². The van der Waals surface area contributed by atoms with Crippen molar-refractivity contribution >= 4 is 49.4 Å². The van der Waals surface area contributed by atoms with Gasteiger partial charge in [0.2, 0.25) is 6.79 Å². The summed E-state index contributed by atoms with van der Waals surface area (Å²) in [6.07, 6.45) is -0.503. The third-order valence-corrected chi connectivity index (χ3v) is 4.95. The molecule has 0 radical (unpaired) electrons. The highest BCUT2D eigenvalue weighted by molar-refractivity contribution is 9.10. The third-order valence-electron chi connectivity index (χ3n) is 3.53. The molecule has 0 amide bonds. The number of alkyl halides is 1. The molecule has 0 aromatic heterocycles. The predicted molar refractivity (Wildman–Crippen MR) is 98.3 cm³/mol. The third kappa shape index (κ3) is 3.71. The molecular weight excluding hydrogens is 463 g/mol. The molecular formula is C17H13Br2ClO4. The zero-order chi connectivity index (χ0) is 17.3. The molecule has 0 fully saturated rings. The molecule has 0 spiro atoms. The Morgan fingerprint density at radius 1 is 1.21 bits per heavy atom. The molecule has 0 bridgehead atoms. The van der Waals surface area contributed by atoms with Gasteiger partial charge in [0.15, 0.2) is 11.5 Å². The minimum Gasteiger partial charge on any atom is -0.454 e. The lowest BCUT2D eigenvalue weighted by molar-refractivity contribution is 0.0302. The van der Waals surface area contributed by atoms with E-state index in [1.807, 2.05) is 19.1 Å². The molecule has 7 heteroatoms. The number of carbonyl (C=O) groups is 1. The van der Waals surface area contributed by atoms with E-state index >= 15 is 0 Å². The Hall–Kier alpha value is -1.24. The van der Waals surface area contributed by atoms with Crippen molar-refractivity contribution in [3.8, 4) is 11.5 Å². The number of ether oxygens (including phenoxy) is 3. The molecule has 0 N–H and O–H groups in total. The molecule has 1 heterocycles. The maximum Gasteiger partial charge on any atom is 0.338 e. The van der Waals surface area contributed by atoms with Crippen molar-refractivity contribution in [2.75, 3.05) is 6.79 Å². The molecule has 0 aliphatic carbocycles. The van der Waals surface area contributed by atoms with Gasteiger partial charge in [-0.15, -0.1) is 0 Å². The summed E-state index contributed by atoms with van der Waals surface area (Å²) in [4.78, 5) is 12.3. The molecule has 4 nitrogen and oxygen atoms in total. The van der Waals surface area contributed by atoms with Crippen LogP contribution >= 0.6 is 43.5 Å². The Balaban J connectivity index is 1.88. The second kappa shape index (κ2) is 7.33. The number of benzene rings is 2. The fourth-order valence-corrected chi connectivity index (χ4v) is 3.39. The summed E-state index contributed by atoms with van der Waals surface area (Å²) in [5.74, 6) is 0.872. The minimum absolute atomic E-state index is 0.106. The van der Waals surface area contributed by atoms with E-state index in [0.29, 0.717) is 22.1 Å². The molecule has 1 aliphatic rings. The van der Waals surface area contributed by atoms with Crippen LogP contribution in [0.15, 0.2) is 40.9 Å². The molecule has 126 valence electrons. The van der Waals surface area contributed by atoms with Gasteiger partial charge in [-0.3, -0.25) is 0 Å². The van der Waals surface area contributed by atoms with Gasteiger partial charge in [-0.1, -0.05) is 43.5 Å². The lowest BCUT2D eigenvalue weighted by Gasteiger charge is -2.22. The van der Waals surface area contributed by atoms with Gasteiger partial charge < -0.3 is 14.2 Å². The van der Waals surface area contributed by atoms with Gasteiger partial charge in [-0.05, 0) is 43.3 Å². The summed E-state index contributed by atoms with van der Waals surface area (Å²) < 4.78 is 17.3. The SMILES string of the molecule is CC(Br)C(OC(=O)c1ccc(Cl)cc1)c1cc2c(cc1Br)OCO2. The number of halogens is 3. The quantitative estimate of drug-likeness (QED) is 0.431. The van der Waals surface area contributed by atoms with Crippen LogP contribution in [-0.4, -0.2) is 17.6 Å². The van der Waals surface area contributed by atoms with E-state index in [0.717, 1.165) is 10.0 Å². The van der Waals surface area contributed by atoms with Gasteiger partial charge in [0.1, 0.15) is 6.10 Å².